The van der Waals surface area contributed by atoms with Crippen molar-refractivity contribution in [2.75, 3.05) is 11.1 Å². The first kappa shape index (κ1) is 18.7. The number of aromatic nitrogens is 1. The van der Waals surface area contributed by atoms with Crippen LogP contribution < -0.4 is 10.9 Å². The maximum atomic E-state index is 12.3. The highest BCUT2D eigenvalue weighted by atomic mass is 32.2. The second-order valence-electron chi connectivity index (χ2n) is 5.81. The normalized spacial score (nSPS) is 11.3. The number of sulfone groups is 1. The minimum atomic E-state index is -3.28. The van der Waals surface area contributed by atoms with Crippen molar-refractivity contribution in [1.29, 1.82) is 0 Å². The van der Waals surface area contributed by atoms with E-state index in [0.29, 0.717) is 11.4 Å². The monoisotopic (exact) mass is 386 g/mol. The average molecular weight is 386 g/mol. The van der Waals surface area contributed by atoms with Gasteiger partial charge < -0.3 is 14.3 Å². The summed E-state index contributed by atoms with van der Waals surface area (Å²) in [6.07, 6.45) is 1.64. The fraction of sp³-hybridized carbons (Fsp3) is 0.158. The molecule has 0 aliphatic rings. The van der Waals surface area contributed by atoms with E-state index in [-0.39, 0.29) is 28.5 Å². The predicted molar refractivity (Wildman–Crippen MR) is 101 cm³/mol. The van der Waals surface area contributed by atoms with E-state index < -0.39 is 15.7 Å². The lowest BCUT2D eigenvalue weighted by Crippen LogP contribution is -2.18. The van der Waals surface area contributed by atoms with Crippen LogP contribution in [0.4, 0.5) is 5.69 Å². The number of carbonyl (C=O) groups excluding carboxylic acids is 1. The van der Waals surface area contributed by atoms with Crippen LogP contribution in [0.15, 0.2) is 74.9 Å². The van der Waals surface area contributed by atoms with Crippen LogP contribution in [0.1, 0.15) is 23.2 Å². The van der Waals surface area contributed by atoms with Crippen LogP contribution in [-0.2, 0) is 16.4 Å². The molecule has 0 spiro atoms. The van der Waals surface area contributed by atoms with Gasteiger partial charge in [-0.2, -0.15) is 0 Å². The molecule has 0 saturated heterocycles. The van der Waals surface area contributed by atoms with E-state index in [1.54, 1.807) is 31.3 Å². The summed E-state index contributed by atoms with van der Waals surface area (Å²) in [4.78, 5) is 24.2. The first-order valence-electron chi connectivity index (χ1n) is 8.27. The Balaban J connectivity index is 1.69. The predicted octanol–water partition coefficient (Wildman–Crippen LogP) is 2.54. The Kier molecular flexibility index (Phi) is 5.27. The molecule has 27 heavy (non-hydrogen) atoms. The molecule has 0 aliphatic heterocycles. The van der Waals surface area contributed by atoms with Crippen molar-refractivity contribution in [2.45, 2.75) is 18.4 Å². The van der Waals surface area contributed by atoms with E-state index >= 15 is 0 Å². The minimum Gasteiger partial charge on any atom is -0.454 e. The molecule has 1 aromatic carbocycles. The van der Waals surface area contributed by atoms with Crippen LogP contribution in [0.25, 0.3) is 0 Å². The Bertz CT molecular complexity index is 1110. The molecule has 0 fully saturated rings. The number of benzene rings is 1. The van der Waals surface area contributed by atoms with Crippen LogP contribution in [0.2, 0.25) is 0 Å². The standard InChI is InChI=1S/C19H18N2O5S/c1-2-27(24,25)16-9-6-14(7-10-16)20-19(23)17-11-8-15(26-17)13-21-12-4-3-5-18(21)22/h3-12H,2,13H2,1H3,(H,20,23). The molecule has 0 unspecified atom stereocenters. The second-order valence-corrected chi connectivity index (χ2v) is 8.09. The molecule has 2 aromatic heterocycles. The highest BCUT2D eigenvalue weighted by Gasteiger charge is 2.14. The molecule has 0 aliphatic carbocycles. The summed E-state index contributed by atoms with van der Waals surface area (Å²) < 4.78 is 30.6. The Morgan fingerprint density at radius 2 is 1.81 bits per heavy atom. The Labute approximate surface area is 156 Å². The van der Waals surface area contributed by atoms with Gasteiger partial charge in [0.15, 0.2) is 15.6 Å². The highest BCUT2D eigenvalue weighted by molar-refractivity contribution is 7.91. The number of carbonyl (C=O) groups is 1. The molecule has 140 valence electrons. The van der Waals surface area contributed by atoms with Crippen molar-refractivity contribution in [1.82, 2.24) is 4.57 Å². The van der Waals surface area contributed by atoms with Gasteiger partial charge in [0.05, 0.1) is 17.2 Å². The van der Waals surface area contributed by atoms with Gasteiger partial charge in [0.25, 0.3) is 11.5 Å². The van der Waals surface area contributed by atoms with Crippen LogP contribution >= 0.6 is 0 Å². The summed E-state index contributed by atoms with van der Waals surface area (Å²) in [6.45, 7) is 1.79. The number of nitrogens with zero attached hydrogens (tertiary/aromatic N) is 1. The van der Waals surface area contributed by atoms with E-state index in [2.05, 4.69) is 5.32 Å². The summed E-state index contributed by atoms with van der Waals surface area (Å²) in [7, 11) is -3.28. The van der Waals surface area contributed by atoms with E-state index in [1.165, 1.54) is 41.0 Å². The molecule has 3 rings (SSSR count). The van der Waals surface area contributed by atoms with Gasteiger partial charge in [0, 0.05) is 18.0 Å². The molecule has 1 N–H and O–H groups in total. The number of rotatable bonds is 6. The Morgan fingerprint density at radius 1 is 1.07 bits per heavy atom. The minimum absolute atomic E-state index is 0.0123. The zero-order valence-electron chi connectivity index (χ0n) is 14.6. The van der Waals surface area contributed by atoms with Crippen molar-refractivity contribution in [3.8, 4) is 0 Å². The van der Waals surface area contributed by atoms with Crippen LogP contribution in [-0.4, -0.2) is 24.6 Å². The highest BCUT2D eigenvalue weighted by Crippen LogP contribution is 2.17. The van der Waals surface area contributed by atoms with Gasteiger partial charge in [-0.15, -0.1) is 0 Å². The fourth-order valence-electron chi connectivity index (χ4n) is 2.45. The third-order valence-corrected chi connectivity index (χ3v) is 5.71. The number of nitrogens with one attached hydrogen (secondary N) is 1. The van der Waals surface area contributed by atoms with E-state index in [4.69, 9.17) is 4.42 Å². The van der Waals surface area contributed by atoms with Gasteiger partial charge in [-0.05, 0) is 42.5 Å². The van der Waals surface area contributed by atoms with Crippen LogP contribution in [0.5, 0.6) is 0 Å². The molecule has 7 nitrogen and oxygen atoms in total. The molecule has 0 radical (unpaired) electrons. The van der Waals surface area contributed by atoms with Crippen LogP contribution in [0.3, 0.4) is 0 Å². The smallest absolute Gasteiger partial charge is 0.291 e. The Hall–Kier alpha value is -3.13. The molecule has 3 aromatic rings. The number of furan rings is 1. The molecule has 1 amide bonds. The van der Waals surface area contributed by atoms with E-state index in [9.17, 15) is 18.0 Å². The lowest BCUT2D eigenvalue weighted by atomic mass is 10.3. The summed E-state index contributed by atoms with van der Waals surface area (Å²) in [5, 5.41) is 2.65. The van der Waals surface area contributed by atoms with Gasteiger partial charge in [-0.3, -0.25) is 9.59 Å². The molecular formula is C19H18N2O5S. The lowest BCUT2D eigenvalue weighted by molar-refractivity contribution is 0.0994. The SMILES string of the molecule is CCS(=O)(=O)c1ccc(NC(=O)c2ccc(Cn3ccccc3=O)o2)cc1. The van der Waals surface area contributed by atoms with Gasteiger partial charge in [0.1, 0.15) is 5.76 Å². The van der Waals surface area contributed by atoms with Crippen molar-refractivity contribution < 1.29 is 17.6 Å². The second kappa shape index (κ2) is 7.63. The largest absolute Gasteiger partial charge is 0.454 e. The fourth-order valence-corrected chi connectivity index (χ4v) is 3.33. The number of amides is 1. The summed E-state index contributed by atoms with van der Waals surface area (Å²) in [5.41, 5.74) is 0.286. The molecule has 0 atom stereocenters. The first-order valence-corrected chi connectivity index (χ1v) is 9.92. The van der Waals surface area contributed by atoms with Gasteiger partial charge in [0.2, 0.25) is 0 Å². The van der Waals surface area contributed by atoms with Crippen molar-refractivity contribution >= 4 is 21.4 Å². The zero-order chi connectivity index (χ0) is 19.4. The number of hydrogen-bond acceptors (Lipinski definition) is 5. The molecular weight excluding hydrogens is 368 g/mol. The quantitative estimate of drug-likeness (QED) is 0.702. The van der Waals surface area contributed by atoms with E-state index in [1.807, 2.05) is 0 Å². The van der Waals surface area contributed by atoms with Crippen molar-refractivity contribution in [3.63, 3.8) is 0 Å². The van der Waals surface area contributed by atoms with Gasteiger partial charge in [-0.25, -0.2) is 8.42 Å². The topological polar surface area (TPSA) is 98.4 Å². The average Bonchev–Trinajstić information content (AvgIpc) is 3.13. The number of hydrogen-bond donors (Lipinski definition) is 1. The number of pyridine rings is 1. The first-order chi connectivity index (χ1) is 12.9. The molecule has 0 saturated carbocycles. The molecule has 2 heterocycles. The third kappa shape index (κ3) is 4.35. The maximum Gasteiger partial charge on any atom is 0.291 e. The third-order valence-electron chi connectivity index (χ3n) is 3.96. The zero-order valence-corrected chi connectivity index (χ0v) is 15.4. The van der Waals surface area contributed by atoms with Gasteiger partial charge in [-0.1, -0.05) is 13.0 Å². The van der Waals surface area contributed by atoms with E-state index in [0.717, 1.165) is 0 Å². The Morgan fingerprint density at radius 3 is 2.48 bits per heavy atom. The summed E-state index contributed by atoms with van der Waals surface area (Å²) in [5.74, 6) is 0.114. The number of anilines is 1. The summed E-state index contributed by atoms with van der Waals surface area (Å²) in [6, 6.07) is 13.9. The van der Waals surface area contributed by atoms with Crippen LogP contribution in [0, 0.1) is 0 Å². The molecule has 8 heteroatoms. The maximum absolute atomic E-state index is 12.3. The lowest BCUT2D eigenvalue weighted by Gasteiger charge is -2.05. The van der Waals surface area contributed by atoms with Crippen molar-refractivity contribution in [3.05, 3.63) is 82.7 Å². The molecule has 0 bridgehead atoms. The summed E-state index contributed by atoms with van der Waals surface area (Å²) >= 11 is 0. The van der Waals surface area contributed by atoms with Crippen molar-refractivity contribution in [2.24, 2.45) is 0 Å². The van der Waals surface area contributed by atoms with Gasteiger partial charge >= 0.3 is 0 Å².